The molecule has 0 saturated heterocycles. The van der Waals surface area contributed by atoms with Crippen LogP contribution in [0.25, 0.3) is 0 Å². The summed E-state index contributed by atoms with van der Waals surface area (Å²) in [6, 6.07) is 5.35. The highest BCUT2D eigenvalue weighted by molar-refractivity contribution is 7.82. The predicted molar refractivity (Wildman–Crippen MR) is 66.1 cm³/mol. The lowest BCUT2D eigenvalue weighted by Crippen LogP contribution is -2.36. The maximum Gasteiger partial charge on any atom is 0.140 e. The van der Waals surface area contributed by atoms with Crippen molar-refractivity contribution in [3.63, 3.8) is 0 Å². The van der Waals surface area contributed by atoms with Crippen LogP contribution in [0.5, 0.6) is 0 Å². The van der Waals surface area contributed by atoms with E-state index in [2.05, 4.69) is 11.9 Å². The summed E-state index contributed by atoms with van der Waals surface area (Å²) in [5.74, 6) is -0.481. The van der Waals surface area contributed by atoms with E-state index in [-0.39, 0.29) is 4.90 Å². The van der Waals surface area contributed by atoms with Crippen LogP contribution < -0.4 is 5.14 Å². The molecule has 0 aliphatic heterocycles. The third kappa shape index (κ3) is 2.91. The van der Waals surface area contributed by atoms with Crippen LogP contribution in [0.15, 0.2) is 23.1 Å². The lowest BCUT2D eigenvalue weighted by atomic mass is 9.91. The number of halogens is 1. The van der Waals surface area contributed by atoms with Crippen molar-refractivity contribution in [3.8, 4) is 0 Å². The molecule has 0 radical (unpaired) electrons. The number of hydrogen-bond acceptors (Lipinski definition) is 2. The van der Waals surface area contributed by atoms with Gasteiger partial charge in [-0.15, -0.1) is 0 Å². The van der Waals surface area contributed by atoms with Crippen LogP contribution in [0.1, 0.15) is 24.8 Å². The lowest BCUT2D eigenvalue weighted by molar-refractivity contribution is 0.152. The van der Waals surface area contributed by atoms with Crippen molar-refractivity contribution in [2.24, 2.45) is 5.14 Å². The van der Waals surface area contributed by atoms with E-state index in [1.807, 2.05) is 0 Å². The topological polar surface area (TPSA) is 46.3 Å². The van der Waals surface area contributed by atoms with Crippen molar-refractivity contribution in [1.82, 2.24) is 4.90 Å². The smallest absolute Gasteiger partial charge is 0.140 e. The zero-order valence-electron chi connectivity index (χ0n) is 9.86. The van der Waals surface area contributed by atoms with E-state index < -0.39 is 16.8 Å². The average molecular weight is 256 g/mol. The molecular formula is C12H17FN2OS. The lowest BCUT2D eigenvalue weighted by Gasteiger charge is -2.34. The molecule has 1 aliphatic rings. The Hall–Kier alpha value is -0.780. The van der Waals surface area contributed by atoms with Gasteiger partial charge in [-0.3, -0.25) is 4.90 Å². The van der Waals surface area contributed by atoms with Crippen molar-refractivity contribution < 1.29 is 8.60 Å². The van der Waals surface area contributed by atoms with Gasteiger partial charge in [0.25, 0.3) is 0 Å². The molecule has 0 amide bonds. The molecule has 0 spiro atoms. The molecule has 2 rings (SSSR count). The van der Waals surface area contributed by atoms with E-state index in [1.54, 1.807) is 6.07 Å². The first-order valence-electron chi connectivity index (χ1n) is 5.73. The summed E-state index contributed by atoms with van der Waals surface area (Å²) in [6.45, 7) is 0.721. The first kappa shape index (κ1) is 12.7. The highest BCUT2D eigenvalue weighted by Gasteiger charge is 2.22. The molecule has 0 bridgehead atoms. The van der Waals surface area contributed by atoms with Crippen LogP contribution in [0.3, 0.4) is 0 Å². The van der Waals surface area contributed by atoms with Gasteiger partial charge < -0.3 is 0 Å². The Bertz CT molecular complexity index is 435. The third-order valence-corrected chi connectivity index (χ3v) is 4.11. The molecule has 1 aliphatic carbocycles. The van der Waals surface area contributed by atoms with E-state index in [0.717, 1.165) is 12.1 Å². The largest absolute Gasteiger partial charge is 0.299 e. The summed E-state index contributed by atoms with van der Waals surface area (Å²) < 4.78 is 24.6. The minimum absolute atomic E-state index is 0.0695. The molecule has 1 aromatic rings. The standard InChI is InChI=1S/C12H17FN2OS/c1-15(10-3-2-4-10)8-9-5-6-12(17(14)16)11(13)7-9/h5-7,10H,2-4,8,14H2,1H3. The Morgan fingerprint density at radius 3 is 2.71 bits per heavy atom. The number of nitrogens with two attached hydrogens (primary N) is 1. The number of hydrogen-bond donors (Lipinski definition) is 1. The second kappa shape index (κ2) is 5.25. The van der Waals surface area contributed by atoms with Crippen LogP contribution in [0.2, 0.25) is 0 Å². The average Bonchev–Trinajstić information content (AvgIpc) is 2.13. The Balaban J connectivity index is 2.06. The minimum atomic E-state index is -1.75. The third-order valence-electron chi connectivity index (χ3n) is 3.34. The van der Waals surface area contributed by atoms with Gasteiger partial charge in [0.15, 0.2) is 0 Å². The van der Waals surface area contributed by atoms with Crippen LogP contribution in [-0.2, 0) is 17.5 Å². The first-order chi connectivity index (χ1) is 8.08. The van der Waals surface area contributed by atoms with Crippen LogP contribution in [-0.4, -0.2) is 22.2 Å². The molecule has 1 unspecified atom stereocenters. The summed E-state index contributed by atoms with van der Waals surface area (Å²) in [5, 5.41) is 5.17. The zero-order chi connectivity index (χ0) is 12.4. The monoisotopic (exact) mass is 256 g/mol. The van der Waals surface area contributed by atoms with Gasteiger partial charge in [0.1, 0.15) is 16.8 Å². The quantitative estimate of drug-likeness (QED) is 0.892. The second-order valence-corrected chi connectivity index (χ2v) is 5.60. The van der Waals surface area contributed by atoms with Crippen molar-refractivity contribution in [3.05, 3.63) is 29.6 Å². The fourth-order valence-electron chi connectivity index (χ4n) is 2.05. The highest BCUT2D eigenvalue weighted by atomic mass is 32.2. The molecule has 1 saturated carbocycles. The van der Waals surface area contributed by atoms with E-state index in [4.69, 9.17) is 5.14 Å². The predicted octanol–water partition coefficient (Wildman–Crippen LogP) is 1.79. The molecule has 0 heterocycles. The van der Waals surface area contributed by atoms with Crippen molar-refractivity contribution in [2.45, 2.75) is 36.7 Å². The van der Waals surface area contributed by atoms with E-state index in [1.165, 1.54) is 31.4 Å². The van der Waals surface area contributed by atoms with Gasteiger partial charge in [0, 0.05) is 12.6 Å². The van der Waals surface area contributed by atoms with Gasteiger partial charge in [0.2, 0.25) is 0 Å². The Morgan fingerprint density at radius 1 is 1.53 bits per heavy atom. The number of benzene rings is 1. The zero-order valence-corrected chi connectivity index (χ0v) is 10.7. The summed E-state index contributed by atoms with van der Waals surface area (Å²) >= 11 is 0. The molecule has 94 valence electrons. The fourth-order valence-corrected chi connectivity index (χ4v) is 2.50. The van der Waals surface area contributed by atoms with Gasteiger partial charge in [-0.2, -0.15) is 0 Å². The molecule has 1 fully saturated rings. The first-order valence-corrected chi connectivity index (χ1v) is 6.94. The molecule has 0 aromatic heterocycles. The summed E-state index contributed by atoms with van der Waals surface area (Å²) in [5.41, 5.74) is 0.895. The molecule has 2 N–H and O–H groups in total. The van der Waals surface area contributed by atoms with Crippen molar-refractivity contribution >= 4 is 11.0 Å². The highest BCUT2D eigenvalue weighted by Crippen LogP contribution is 2.25. The van der Waals surface area contributed by atoms with E-state index in [0.29, 0.717) is 6.04 Å². The summed E-state index contributed by atoms with van der Waals surface area (Å²) in [6.07, 6.45) is 3.74. The Kier molecular flexibility index (Phi) is 3.91. The molecule has 3 nitrogen and oxygen atoms in total. The van der Waals surface area contributed by atoms with Crippen LogP contribution in [0.4, 0.5) is 4.39 Å². The second-order valence-electron chi connectivity index (χ2n) is 4.56. The van der Waals surface area contributed by atoms with Gasteiger partial charge in [-0.1, -0.05) is 12.5 Å². The molecule has 1 aromatic carbocycles. The minimum Gasteiger partial charge on any atom is -0.299 e. The van der Waals surface area contributed by atoms with Crippen molar-refractivity contribution in [2.75, 3.05) is 7.05 Å². The Morgan fingerprint density at radius 2 is 2.24 bits per heavy atom. The van der Waals surface area contributed by atoms with Crippen LogP contribution in [0, 0.1) is 5.82 Å². The number of nitrogens with zero attached hydrogens (tertiary/aromatic N) is 1. The van der Waals surface area contributed by atoms with Gasteiger partial charge in [-0.05, 0) is 37.6 Å². The molecule has 17 heavy (non-hydrogen) atoms. The maximum absolute atomic E-state index is 13.6. The SMILES string of the molecule is CN(Cc1ccc(S(N)=O)c(F)c1)C1CCC1. The molecule has 1 atom stereocenters. The number of rotatable bonds is 4. The van der Waals surface area contributed by atoms with Crippen molar-refractivity contribution in [1.29, 1.82) is 0 Å². The van der Waals surface area contributed by atoms with Gasteiger partial charge in [-0.25, -0.2) is 13.7 Å². The van der Waals surface area contributed by atoms with Crippen LogP contribution >= 0.6 is 0 Å². The van der Waals surface area contributed by atoms with Gasteiger partial charge >= 0.3 is 0 Å². The molecular weight excluding hydrogens is 239 g/mol. The normalized spacial score (nSPS) is 18.1. The molecule has 5 heteroatoms. The fraction of sp³-hybridized carbons (Fsp3) is 0.500. The van der Waals surface area contributed by atoms with E-state index >= 15 is 0 Å². The summed E-state index contributed by atoms with van der Waals surface area (Å²) in [4.78, 5) is 2.30. The maximum atomic E-state index is 13.6. The summed E-state index contributed by atoms with van der Waals surface area (Å²) in [7, 11) is 0.303. The Labute approximate surface area is 103 Å². The van der Waals surface area contributed by atoms with E-state index in [9.17, 15) is 8.60 Å². The van der Waals surface area contributed by atoms with Gasteiger partial charge in [0.05, 0.1) is 4.90 Å².